The third-order valence-electron chi connectivity index (χ3n) is 3.83. The molecular formula is C21H22N2O. The predicted octanol–water partition coefficient (Wildman–Crippen LogP) is 4.60. The van der Waals surface area contributed by atoms with Gasteiger partial charge < -0.3 is 4.90 Å². The third kappa shape index (κ3) is 3.91. The highest BCUT2D eigenvalue weighted by molar-refractivity contribution is 6.21. The first-order valence-corrected chi connectivity index (χ1v) is 8.31. The number of benzene rings is 2. The highest BCUT2D eigenvalue weighted by atomic mass is 16.1. The van der Waals surface area contributed by atoms with Gasteiger partial charge in [0.15, 0.2) is 5.78 Å². The Morgan fingerprint density at radius 3 is 2.50 bits per heavy atom. The normalized spacial score (nSPS) is 12.7. The molecule has 122 valence electrons. The summed E-state index contributed by atoms with van der Waals surface area (Å²) in [5.41, 5.74) is 3.88. The number of carbonyl (C=O) groups is 1. The molecule has 0 N–H and O–H groups in total. The summed E-state index contributed by atoms with van der Waals surface area (Å²) >= 11 is 0. The zero-order valence-electron chi connectivity index (χ0n) is 14.2. The van der Waals surface area contributed by atoms with Crippen molar-refractivity contribution in [3.8, 4) is 6.07 Å². The lowest BCUT2D eigenvalue weighted by Crippen LogP contribution is -2.15. The number of allylic oxidation sites excluding steroid dienone is 1. The van der Waals surface area contributed by atoms with Gasteiger partial charge in [0.1, 0.15) is 0 Å². The molecule has 1 aliphatic heterocycles. The van der Waals surface area contributed by atoms with Crippen LogP contribution in [0.1, 0.15) is 31.4 Å². The minimum Gasteiger partial charge on any atom is -0.347 e. The number of fused-ring (bicyclic) bond motifs is 1. The number of anilines is 1. The monoisotopic (exact) mass is 318 g/mol. The molecule has 3 rings (SSSR count). The van der Waals surface area contributed by atoms with Crippen LogP contribution in [-0.2, 0) is 11.2 Å². The molecule has 0 saturated carbocycles. The quantitative estimate of drug-likeness (QED) is 0.774. The fourth-order valence-electron chi connectivity index (χ4n) is 2.75. The van der Waals surface area contributed by atoms with E-state index in [2.05, 4.69) is 17.0 Å². The van der Waals surface area contributed by atoms with Gasteiger partial charge in [0.25, 0.3) is 0 Å². The number of para-hydroxylation sites is 1. The fraction of sp³-hybridized carbons (Fsp3) is 0.238. The summed E-state index contributed by atoms with van der Waals surface area (Å²) in [5, 5.41) is 8.84. The van der Waals surface area contributed by atoms with E-state index < -0.39 is 0 Å². The van der Waals surface area contributed by atoms with Gasteiger partial charge in [-0.25, -0.2) is 0 Å². The molecular weight excluding hydrogens is 296 g/mol. The van der Waals surface area contributed by atoms with Crippen LogP contribution >= 0.6 is 0 Å². The molecule has 0 fully saturated rings. The van der Waals surface area contributed by atoms with Crippen molar-refractivity contribution < 1.29 is 4.79 Å². The fourth-order valence-corrected chi connectivity index (χ4v) is 2.75. The van der Waals surface area contributed by atoms with Gasteiger partial charge in [0.2, 0.25) is 0 Å². The summed E-state index contributed by atoms with van der Waals surface area (Å²) in [6.45, 7) is 4.86. The van der Waals surface area contributed by atoms with E-state index in [1.807, 2.05) is 68.6 Å². The number of hydrogen-bond donors (Lipinski definition) is 0. The summed E-state index contributed by atoms with van der Waals surface area (Å²) < 4.78 is 0. The Morgan fingerprint density at radius 2 is 1.79 bits per heavy atom. The van der Waals surface area contributed by atoms with E-state index in [4.69, 9.17) is 5.26 Å². The van der Waals surface area contributed by atoms with Crippen molar-refractivity contribution in [3.05, 3.63) is 71.9 Å². The van der Waals surface area contributed by atoms with Gasteiger partial charge in [0, 0.05) is 24.0 Å². The maximum Gasteiger partial charge on any atom is 0.178 e. The first-order chi connectivity index (χ1) is 11.8. The minimum absolute atomic E-state index is 0.101. The number of nitriles is 1. The molecule has 1 aliphatic rings. The zero-order chi connectivity index (χ0) is 17.4. The van der Waals surface area contributed by atoms with E-state index in [1.165, 1.54) is 5.56 Å². The first-order valence-electron chi connectivity index (χ1n) is 8.31. The topological polar surface area (TPSA) is 44.1 Å². The van der Waals surface area contributed by atoms with E-state index in [0.717, 1.165) is 24.2 Å². The zero-order valence-corrected chi connectivity index (χ0v) is 14.2. The Hall–Kier alpha value is -2.86. The van der Waals surface area contributed by atoms with Gasteiger partial charge in [-0.15, -0.1) is 0 Å². The molecule has 0 spiro atoms. The number of nitrogens with zero attached hydrogens (tertiary/aromatic N) is 2. The second kappa shape index (κ2) is 8.69. The molecule has 0 unspecified atom stereocenters. The summed E-state index contributed by atoms with van der Waals surface area (Å²) in [6.07, 6.45) is 2.76. The Bertz CT molecular complexity index is 757. The van der Waals surface area contributed by atoms with Crippen LogP contribution in [0, 0.1) is 11.3 Å². The van der Waals surface area contributed by atoms with E-state index in [9.17, 15) is 4.79 Å². The standard InChI is InChI=1S/C19H16N2O.C2H6/c20-12-10-19(22)17(15-6-2-1-3-7-15)14-21-13-11-16-8-4-5-9-18(16)21;1-2/h1-9,14H,10-11,13H2;1-2H3/b17-14-;. The molecule has 0 amide bonds. The molecule has 24 heavy (non-hydrogen) atoms. The summed E-state index contributed by atoms with van der Waals surface area (Å²) in [5.74, 6) is -0.141. The van der Waals surface area contributed by atoms with Crippen molar-refractivity contribution >= 4 is 17.0 Å². The van der Waals surface area contributed by atoms with Gasteiger partial charge in [-0.05, 0) is 23.6 Å². The summed E-state index contributed by atoms with van der Waals surface area (Å²) in [4.78, 5) is 14.4. The van der Waals surface area contributed by atoms with Crippen molar-refractivity contribution in [2.45, 2.75) is 26.7 Å². The van der Waals surface area contributed by atoms with Crippen molar-refractivity contribution in [1.82, 2.24) is 0 Å². The smallest absolute Gasteiger partial charge is 0.178 e. The Kier molecular flexibility index (Phi) is 6.33. The van der Waals surface area contributed by atoms with Crippen LogP contribution in [0.5, 0.6) is 0 Å². The van der Waals surface area contributed by atoms with Crippen LogP contribution in [0.15, 0.2) is 60.8 Å². The molecule has 0 saturated heterocycles. The van der Waals surface area contributed by atoms with Crippen LogP contribution in [-0.4, -0.2) is 12.3 Å². The third-order valence-corrected chi connectivity index (χ3v) is 3.83. The van der Waals surface area contributed by atoms with E-state index in [0.29, 0.717) is 5.57 Å². The Labute approximate surface area is 143 Å². The second-order valence-electron chi connectivity index (χ2n) is 5.24. The highest BCUT2D eigenvalue weighted by Crippen LogP contribution is 2.29. The van der Waals surface area contributed by atoms with Crippen molar-refractivity contribution in [1.29, 1.82) is 5.26 Å². The molecule has 2 aromatic carbocycles. The molecule has 0 radical (unpaired) electrons. The molecule has 1 heterocycles. The van der Waals surface area contributed by atoms with Crippen LogP contribution < -0.4 is 4.90 Å². The molecule has 0 aliphatic carbocycles. The molecule has 0 aromatic heterocycles. The van der Waals surface area contributed by atoms with Crippen LogP contribution in [0.4, 0.5) is 5.69 Å². The number of hydrogen-bond acceptors (Lipinski definition) is 3. The molecule has 3 nitrogen and oxygen atoms in total. The molecule has 0 bridgehead atoms. The van der Waals surface area contributed by atoms with Gasteiger partial charge in [0.05, 0.1) is 12.5 Å². The maximum atomic E-state index is 12.3. The lowest BCUT2D eigenvalue weighted by atomic mass is 10.0. The number of ketones is 1. The van der Waals surface area contributed by atoms with Crippen molar-refractivity contribution in [3.63, 3.8) is 0 Å². The minimum atomic E-state index is -0.141. The number of carbonyl (C=O) groups excluding carboxylic acids is 1. The first kappa shape index (κ1) is 17.5. The number of rotatable bonds is 4. The summed E-state index contributed by atoms with van der Waals surface area (Å²) in [7, 11) is 0. The summed E-state index contributed by atoms with van der Waals surface area (Å²) in [6, 6.07) is 19.7. The number of Topliss-reactive ketones (excluding diaryl/α,β-unsaturated/α-hetero) is 1. The molecule has 3 heteroatoms. The van der Waals surface area contributed by atoms with E-state index in [-0.39, 0.29) is 12.2 Å². The highest BCUT2D eigenvalue weighted by Gasteiger charge is 2.19. The Balaban J connectivity index is 0.00000100. The van der Waals surface area contributed by atoms with Gasteiger partial charge in [-0.2, -0.15) is 5.26 Å². The largest absolute Gasteiger partial charge is 0.347 e. The SMILES string of the molecule is CC.N#CCC(=O)/C(=C\N1CCc2ccccc21)c1ccccc1. The van der Waals surface area contributed by atoms with Gasteiger partial charge in [-0.1, -0.05) is 62.4 Å². The van der Waals surface area contributed by atoms with Gasteiger partial charge >= 0.3 is 0 Å². The van der Waals surface area contributed by atoms with Crippen LogP contribution in [0.25, 0.3) is 5.57 Å². The van der Waals surface area contributed by atoms with E-state index in [1.54, 1.807) is 0 Å². The molecule has 2 aromatic rings. The van der Waals surface area contributed by atoms with Crippen molar-refractivity contribution in [2.24, 2.45) is 0 Å². The maximum absolute atomic E-state index is 12.3. The van der Waals surface area contributed by atoms with Crippen LogP contribution in [0.2, 0.25) is 0 Å². The van der Waals surface area contributed by atoms with E-state index >= 15 is 0 Å². The second-order valence-corrected chi connectivity index (χ2v) is 5.24. The Morgan fingerprint density at radius 1 is 1.12 bits per heavy atom. The van der Waals surface area contributed by atoms with Gasteiger partial charge in [-0.3, -0.25) is 4.79 Å². The lowest BCUT2D eigenvalue weighted by Gasteiger charge is -2.16. The lowest BCUT2D eigenvalue weighted by molar-refractivity contribution is -0.112. The van der Waals surface area contributed by atoms with Crippen molar-refractivity contribution in [2.75, 3.05) is 11.4 Å². The van der Waals surface area contributed by atoms with Crippen LogP contribution in [0.3, 0.4) is 0 Å². The average Bonchev–Trinajstić information content (AvgIpc) is 3.05. The molecule has 0 atom stereocenters. The average molecular weight is 318 g/mol. The predicted molar refractivity (Wildman–Crippen MR) is 98.5 cm³/mol.